The summed E-state index contributed by atoms with van der Waals surface area (Å²) in [7, 11) is 0. The Morgan fingerprint density at radius 3 is 2.53 bits per heavy atom. The number of aliphatic carboxylic acids is 1. The number of hydrogen-bond acceptors (Lipinski definition) is 3. The molecule has 5 heteroatoms. The van der Waals surface area contributed by atoms with Gasteiger partial charge in [-0.15, -0.1) is 0 Å². The van der Waals surface area contributed by atoms with Crippen molar-refractivity contribution in [2.24, 2.45) is 0 Å². The number of carbonyl (C=O) groups is 2. The number of hydrogen-bond donors (Lipinski definition) is 2. The van der Waals surface area contributed by atoms with Gasteiger partial charge in [-0.05, 0) is 17.5 Å². The van der Waals surface area contributed by atoms with Gasteiger partial charge in [0.1, 0.15) is 6.61 Å². The molecule has 0 saturated heterocycles. The fraction of sp³-hybridized carbons (Fsp3) is 0.286. The van der Waals surface area contributed by atoms with Crippen LogP contribution in [0, 0.1) is 0 Å². The van der Waals surface area contributed by atoms with Crippen molar-refractivity contribution in [2.75, 3.05) is 6.61 Å². The summed E-state index contributed by atoms with van der Waals surface area (Å²) in [5, 5.41) is 11.4. The van der Waals surface area contributed by atoms with Crippen molar-refractivity contribution in [3.05, 3.63) is 48.0 Å². The fourth-order valence-corrected chi connectivity index (χ4v) is 1.53. The lowest BCUT2D eigenvalue weighted by molar-refractivity contribution is -0.139. The lowest BCUT2D eigenvalue weighted by Gasteiger charge is -2.14. The molecule has 19 heavy (non-hydrogen) atoms. The molecule has 0 aliphatic heterocycles. The average molecular weight is 263 g/mol. The molecule has 1 amide bonds. The molecule has 0 radical (unpaired) electrons. The first-order valence-corrected chi connectivity index (χ1v) is 5.94. The van der Waals surface area contributed by atoms with Gasteiger partial charge < -0.3 is 15.2 Å². The lowest BCUT2D eigenvalue weighted by atomic mass is 10.0. The highest BCUT2D eigenvalue weighted by atomic mass is 16.5. The summed E-state index contributed by atoms with van der Waals surface area (Å²) >= 11 is 0. The van der Waals surface area contributed by atoms with Crippen LogP contribution in [0.3, 0.4) is 0 Å². The summed E-state index contributed by atoms with van der Waals surface area (Å²) < 4.78 is 4.71. The van der Waals surface area contributed by atoms with Gasteiger partial charge in [-0.2, -0.15) is 0 Å². The van der Waals surface area contributed by atoms with Gasteiger partial charge in [0, 0.05) is 0 Å². The predicted octanol–water partition coefficient (Wildman–Crippen LogP) is 2.29. The van der Waals surface area contributed by atoms with Gasteiger partial charge in [-0.25, -0.2) is 9.59 Å². The van der Waals surface area contributed by atoms with Crippen LogP contribution in [0.1, 0.15) is 24.1 Å². The average Bonchev–Trinajstić information content (AvgIpc) is 2.42. The highest BCUT2D eigenvalue weighted by molar-refractivity contribution is 5.81. The number of carbonyl (C=O) groups excluding carboxylic acids is 1. The van der Waals surface area contributed by atoms with Crippen LogP contribution in [-0.4, -0.2) is 23.8 Å². The summed E-state index contributed by atoms with van der Waals surface area (Å²) in [5.74, 6) is -1.14. The number of nitrogens with one attached hydrogen (secondary N) is 1. The van der Waals surface area contributed by atoms with Gasteiger partial charge in [-0.1, -0.05) is 43.8 Å². The van der Waals surface area contributed by atoms with Crippen molar-refractivity contribution in [1.82, 2.24) is 5.32 Å². The van der Waals surface area contributed by atoms with Crippen LogP contribution in [0.2, 0.25) is 0 Å². The summed E-state index contributed by atoms with van der Waals surface area (Å²) in [5.41, 5.74) is 1.60. The largest absolute Gasteiger partial charge is 0.479 e. The molecule has 1 aromatic carbocycles. The Morgan fingerprint density at radius 1 is 1.42 bits per heavy atom. The molecule has 1 atom stereocenters. The lowest BCUT2D eigenvalue weighted by Crippen LogP contribution is -2.34. The fourth-order valence-electron chi connectivity index (χ4n) is 1.53. The minimum atomic E-state index is -1.14. The van der Waals surface area contributed by atoms with Crippen molar-refractivity contribution in [1.29, 1.82) is 0 Å². The van der Waals surface area contributed by atoms with E-state index in [-0.39, 0.29) is 6.61 Å². The standard InChI is InChI=1S/C14H17NO4/c1-3-9-19-14(18)15-12(13(16)17)11-7-5-10(4-2)6-8-11/h3,5-8,12H,1,4,9H2,2H3,(H,15,18)(H,16,17). The van der Waals surface area contributed by atoms with Gasteiger partial charge in [0.15, 0.2) is 6.04 Å². The molecule has 102 valence electrons. The van der Waals surface area contributed by atoms with Gasteiger partial charge in [-0.3, -0.25) is 0 Å². The monoisotopic (exact) mass is 263 g/mol. The third kappa shape index (κ3) is 4.46. The van der Waals surface area contributed by atoms with Gasteiger partial charge in [0.2, 0.25) is 0 Å². The van der Waals surface area contributed by atoms with E-state index in [0.29, 0.717) is 5.56 Å². The molecule has 0 saturated carbocycles. The summed E-state index contributed by atoms with van der Waals surface area (Å²) in [6.07, 6.45) is 1.49. The van der Waals surface area contributed by atoms with E-state index in [1.54, 1.807) is 12.1 Å². The number of benzene rings is 1. The smallest absolute Gasteiger partial charge is 0.408 e. The van der Waals surface area contributed by atoms with E-state index < -0.39 is 18.1 Å². The molecular weight excluding hydrogens is 246 g/mol. The van der Waals surface area contributed by atoms with Crippen LogP contribution in [0.25, 0.3) is 0 Å². The van der Waals surface area contributed by atoms with Gasteiger partial charge in [0.05, 0.1) is 0 Å². The first-order valence-electron chi connectivity index (χ1n) is 5.94. The maximum Gasteiger partial charge on any atom is 0.408 e. The molecule has 0 aromatic heterocycles. The quantitative estimate of drug-likeness (QED) is 0.772. The number of rotatable bonds is 6. The van der Waals surface area contributed by atoms with Crippen molar-refractivity contribution < 1.29 is 19.4 Å². The van der Waals surface area contributed by atoms with E-state index >= 15 is 0 Å². The second-order valence-corrected chi connectivity index (χ2v) is 3.90. The molecule has 0 heterocycles. The minimum absolute atomic E-state index is 0.0347. The zero-order valence-corrected chi connectivity index (χ0v) is 10.8. The van der Waals surface area contributed by atoms with E-state index in [1.807, 2.05) is 19.1 Å². The number of carboxylic acid groups (broad SMARTS) is 1. The highest BCUT2D eigenvalue weighted by Gasteiger charge is 2.22. The van der Waals surface area contributed by atoms with Crippen LogP contribution < -0.4 is 5.32 Å². The first-order chi connectivity index (χ1) is 9.08. The molecule has 0 fully saturated rings. The van der Waals surface area contributed by atoms with Crippen LogP contribution >= 0.6 is 0 Å². The first kappa shape index (κ1) is 14.8. The number of ether oxygens (including phenoxy) is 1. The number of alkyl carbamates (subject to hydrolysis) is 1. The molecule has 0 bridgehead atoms. The summed E-state index contributed by atoms with van der Waals surface area (Å²) in [6, 6.07) is 5.92. The Labute approximate surface area is 111 Å². The molecule has 1 unspecified atom stereocenters. The Hall–Kier alpha value is -2.30. The zero-order chi connectivity index (χ0) is 14.3. The number of aryl methyl sites for hydroxylation is 1. The molecule has 5 nitrogen and oxygen atoms in total. The third-order valence-electron chi connectivity index (χ3n) is 2.56. The van der Waals surface area contributed by atoms with E-state index in [2.05, 4.69) is 11.9 Å². The van der Waals surface area contributed by atoms with E-state index in [9.17, 15) is 9.59 Å². The van der Waals surface area contributed by atoms with Crippen molar-refractivity contribution >= 4 is 12.1 Å². The zero-order valence-electron chi connectivity index (χ0n) is 10.8. The summed E-state index contributed by atoms with van der Waals surface area (Å²) in [4.78, 5) is 22.5. The molecule has 2 N–H and O–H groups in total. The van der Waals surface area contributed by atoms with Crippen LogP contribution in [0.5, 0.6) is 0 Å². The molecule has 0 aliphatic rings. The van der Waals surface area contributed by atoms with Crippen LogP contribution in [0.4, 0.5) is 4.79 Å². The maximum absolute atomic E-state index is 11.4. The molecule has 1 rings (SSSR count). The Kier molecular flexibility index (Phi) is 5.60. The third-order valence-corrected chi connectivity index (χ3v) is 2.56. The number of amides is 1. The van der Waals surface area contributed by atoms with Crippen molar-refractivity contribution in [3.8, 4) is 0 Å². The highest BCUT2D eigenvalue weighted by Crippen LogP contribution is 2.15. The maximum atomic E-state index is 11.4. The Balaban J connectivity index is 2.78. The topological polar surface area (TPSA) is 75.6 Å². The van der Waals surface area contributed by atoms with Gasteiger partial charge >= 0.3 is 12.1 Å². The van der Waals surface area contributed by atoms with Crippen LogP contribution in [-0.2, 0) is 16.0 Å². The Morgan fingerprint density at radius 2 is 2.05 bits per heavy atom. The second kappa shape index (κ2) is 7.20. The van der Waals surface area contributed by atoms with E-state index in [4.69, 9.17) is 9.84 Å². The molecule has 1 aromatic rings. The second-order valence-electron chi connectivity index (χ2n) is 3.90. The van der Waals surface area contributed by atoms with Crippen molar-refractivity contribution in [2.45, 2.75) is 19.4 Å². The minimum Gasteiger partial charge on any atom is -0.479 e. The van der Waals surface area contributed by atoms with E-state index in [1.165, 1.54) is 6.08 Å². The van der Waals surface area contributed by atoms with Crippen molar-refractivity contribution in [3.63, 3.8) is 0 Å². The number of carboxylic acids is 1. The van der Waals surface area contributed by atoms with Gasteiger partial charge in [0.25, 0.3) is 0 Å². The SMILES string of the molecule is C=CCOC(=O)NC(C(=O)O)c1ccc(CC)cc1. The molecular formula is C14H17NO4. The Bertz CT molecular complexity index is 453. The molecule has 0 spiro atoms. The normalized spacial score (nSPS) is 11.4. The van der Waals surface area contributed by atoms with Crippen LogP contribution in [0.15, 0.2) is 36.9 Å². The molecule has 0 aliphatic carbocycles. The van der Waals surface area contributed by atoms with E-state index in [0.717, 1.165) is 12.0 Å². The summed E-state index contributed by atoms with van der Waals surface area (Å²) in [6.45, 7) is 5.45. The predicted molar refractivity (Wildman–Crippen MR) is 70.9 cm³/mol.